The Morgan fingerprint density at radius 2 is 0.929 bits per heavy atom. The van der Waals surface area contributed by atoms with Crippen LogP contribution in [0.2, 0.25) is 0 Å². The summed E-state index contributed by atoms with van der Waals surface area (Å²) >= 11 is 0. The molecule has 0 fully saturated rings. The maximum Gasteiger partial charge on any atom is 0.0699 e. The third-order valence-electron chi connectivity index (χ3n) is 0.949. The van der Waals surface area contributed by atoms with Crippen LogP contribution in [-0.4, -0.2) is 26.4 Å². The summed E-state index contributed by atoms with van der Waals surface area (Å²) in [4.78, 5) is 0. The van der Waals surface area contributed by atoms with E-state index in [0.29, 0.717) is 13.2 Å². The normalized spacial score (nSPS) is 7.29. The van der Waals surface area contributed by atoms with Crippen LogP contribution in [0, 0.1) is 28.7 Å². The SMILES string of the molecule is [CH2-]CCOCCOCC[CH2-].[CH3-].[CH3-].[Y].[Y]. The zero-order valence-corrected chi connectivity index (χ0v) is 15.3. The second-order valence-electron chi connectivity index (χ2n) is 1.93. The maximum absolute atomic E-state index is 5.12. The quantitative estimate of drug-likeness (QED) is 0.518. The molecule has 0 aromatic heterocycles. The summed E-state index contributed by atoms with van der Waals surface area (Å²) in [5.41, 5.74) is 0. The van der Waals surface area contributed by atoms with Gasteiger partial charge in [0, 0.05) is 78.6 Å². The van der Waals surface area contributed by atoms with E-state index in [1.54, 1.807) is 0 Å². The first-order valence-corrected chi connectivity index (χ1v) is 3.65. The fourth-order valence-corrected chi connectivity index (χ4v) is 0.526. The summed E-state index contributed by atoms with van der Waals surface area (Å²) in [6, 6.07) is 0. The maximum atomic E-state index is 5.12. The first-order chi connectivity index (χ1) is 4.91. The van der Waals surface area contributed by atoms with Gasteiger partial charge in [-0.05, 0) is 0 Å². The fraction of sp³-hybridized carbons (Fsp3) is 0.600. The average molecular weight is 352 g/mol. The molecule has 2 nitrogen and oxygen atoms in total. The topological polar surface area (TPSA) is 18.5 Å². The van der Waals surface area contributed by atoms with E-state index in [2.05, 4.69) is 13.8 Å². The number of hydrogen-bond donors (Lipinski definition) is 0. The van der Waals surface area contributed by atoms with Gasteiger partial charge in [0.2, 0.25) is 0 Å². The third kappa shape index (κ3) is 29.2. The molecule has 0 atom stereocenters. The van der Waals surface area contributed by atoms with Crippen LogP contribution in [0.3, 0.4) is 0 Å². The van der Waals surface area contributed by atoms with Crippen molar-refractivity contribution < 1.29 is 74.9 Å². The summed E-state index contributed by atoms with van der Waals surface area (Å²) < 4.78 is 10.2. The Morgan fingerprint density at radius 3 is 1.14 bits per heavy atom. The molecule has 0 saturated carbocycles. The van der Waals surface area contributed by atoms with Crippen LogP contribution < -0.4 is 0 Å². The van der Waals surface area contributed by atoms with Crippen molar-refractivity contribution in [3.05, 3.63) is 28.7 Å². The van der Waals surface area contributed by atoms with Crippen molar-refractivity contribution in [3.8, 4) is 0 Å². The second kappa shape index (κ2) is 29.4. The largest absolute Gasteiger partial charge is 0.382 e. The summed E-state index contributed by atoms with van der Waals surface area (Å²) in [7, 11) is 0. The van der Waals surface area contributed by atoms with E-state index >= 15 is 0 Å². The van der Waals surface area contributed by atoms with E-state index in [-0.39, 0.29) is 80.3 Å². The van der Waals surface area contributed by atoms with Gasteiger partial charge in [-0.3, -0.25) is 0 Å². The van der Waals surface area contributed by atoms with Crippen molar-refractivity contribution >= 4 is 0 Å². The molecule has 0 heterocycles. The first-order valence-electron chi connectivity index (χ1n) is 3.65. The molecule has 0 unspecified atom stereocenters. The summed E-state index contributed by atoms with van der Waals surface area (Å²) in [6.07, 6.45) is 1.66. The molecule has 0 N–H and O–H groups in total. The van der Waals surface area contributed by atoms with Crippen LogP contribution in [0.15, 0.2) is 0 Å². The van der Waals surface area contributed by atoms with Crippen molar-refractivity contribution in [1.29, 1.82) is 0 Å². The minimum Gasteiger partial charge on any atom is -0.382 e. The van der Waals surface area contributed by atoms with Gasteiger partial charge in [0.1, 0.15) is 0 Å². The molecule has 0 bridgehead atoms. The van der Waals surface area contributed by atoms with Gasteiger partial charge in [0.25, 0.3) is 0 Å². The molecular weight excluding hydrogens is 330 g/mol. The third-order valence-corrected chi connectivity index (χ3v) is 0.949. The smallest absolute Gasteiger partial charge is 0.0699 e. The molecule has 0 aromatic rings. The Kier molecular flexibility index (Phi) is 62.7. The predicted molar refractivity (Wildman–Crippen MR) is 54.4 cm³/mol. The summed E-state index contributed by atoms with van der Waals surface area (Å²) in [5.74, 6) is 0. The number of rotatable bonds is 7. The molecule has 14 heavy (non-hydrogen) atoms. The minimum absolute atomic E-state index is 0. The van der Waals surface area contributed by atoms with Gasteiger partial charge in [0.15, 0.2) is 0 Å². The van der Waals surface area contributed by atoms with E-state index in [1.165, 1.54) is 0 Å². The van der Waals surface area contributed by atoms with Gasteiger partial charge < -0.3 is 38.2 Å². The summed E-state index contributed by atoms with van der Waals surface area (Å²) in [6.45, 7) is 10.1. The van der Waals surface area contributed by atoms with E-state index in [4.69, 9.17) is 9.47 Å². The molecule has 2 radical (unpaired) electrons. The van der Waals surface area contributed by atoms with Crippen molar-refractivity contribution in [2.24, 2.45) is 0 Å². The first kappa shape index (κ1) is 29.8. The van der Waals surface area contributed by atoms with Gasteiger partial charge in [-0.2, -0.15) is 12.8 Å². The molecule has 0 aliphatic heterocycles. The molecule has 84 valence electrons. The number of hydrogen-bond acceptors (Lipinski definition) is 2. The Morgan fingerprint density at radius 1 is 0.643 bits per heavy atom. The van der Waals surface area contributed by atoms with Crippen LogP contribution in [0.1, 0.15) is 12.8 Å². The van der Waals surface area contributed by atoms with E-state index < -0.39 is 0 Å². The van der Waals surface area contributed by atoms with Crippen LogP contribution >= 0.6 is 0 Å². The summed E-state index contributed by atoms with van der Waals surface area (Å²) in [5, 5.41) is 0. The molecule has 0 aromatic carbocycles. The van der Waals surface area contributed by atoms with Gasteiger partial charge in [-0.15, -0.1) is 0 Å². The molecule has 0 saturated heterocycles. The van der Waals surface area contributed by atoms with Crippen LogP contribution in [0.5, 0.6) is 0 Å². The van der Waals surface area contributed by atoms with Crippen LogP contribution in [-0.2, 0) is 74.9 Å². The van der Waals surface area contributed by atoms with E-state index in [0.717, 1.165) is 26.1 Å². The zero-order valence-electron chi connectivity index (χ0n) is 9.63. The molecular formula is C10H22O2Y2-4. The van der Waals surface area contributed by atoms with Gasteiger partial charge in [0.05, 0.1) is 13.2 Å². The average Bonchev–Trinajstić information content (AvgIpc) is 1.97. The van der Waals surface area contributed by atoms with Crippen LogP contribution in [0.25, 0.3) is 0 Å². The standard InChI is InChI=1S/C8H16O2.2CH3.2Y/c1-3-5-9-7-8-10-6-4-2;;;;/h1-8H2;2*1H3;;/q-2;2*-1;;. The van der Waals surface area contributed by atoms with Crippen molar-refractivity contribution in [2.45, 2.75) is 12.8 Å². The zero-order chi connectivity index (χ0) is 7.66. The molecule has 4 heteroatoms. The van der Waals surface area contributed by atoms with Gasteiger partial charge in [-0.25, -0.2) is 0 Å². The van der Waals surface area contributed by atoms with E-state index in [1.807, 2.05) is 0 Å². The van der Waals surface area contributed by atoms with Gasteiger partial charge >= 0.3 is 0 Å². The fourth-order valence-electron chi connectivity index (χ4n) is 0.526. The van der Waals surface area contributed by atoms with Crippen molar-refractivity contribution in [2.75, 3.05) is 26.4 Å². The molecule has 0 aliphatic carbocycles. The molecule has 0 spiro atoms. The van der Waals surface area contributed by atoms with Crippen molar-refractivity contribution in [1.82, 2.24) is 0 Å². The van der Waals surface area contributed by atoms with E-state index in [9.17, 15) is 0 Å². The van der Waals surface area contributed by atoms with Gasteiger partial charge in [-0.1, -0.05) is 0 Å². The monoisotopic (exact) mass is 352 g/mol. The van der Waals surface area contributed by atoms with Crippen LogP contribution in [0.4, 0.5) is 0 Å². The number of ether oxygens (including phenoxy) is 2. The Balaban J connectivity index is -0.0000000675. The Bertz CT molecular complexity index is 56.1. The predicted octanol–water partition coefficient (Wildman–Crippen LogP) is 2.36. The Hall–Kier alpha value is 2.13. The molecule has 0 aliphatic rings. The molecule has 0 amide bonds. The second-order valence-corrected chi connectivity index (χ2v) is 1.93. The Labute approximate surface area is 141 Å². The van der Waals surface area contributed by atoms with Crippen molar-refractivity contribution in [3.63, 3.8) is 0 Å². The minimum atomic E-state index is 0. The molecule has 0 rings (SSSR count).